The number of hydrogen-bond donors (Lipinski definition) is 0. The average Bonchev–Trinajstić information content (AvgIpc) is 3.09. The van der Waals surface area contributed by atoms with Crippen LogP contribution in [-0.4, -0.2) is 27.1 Å². The van der Waals surface area contributed by atoms with Gasteiger partial charge in [0.25, 0.3) is 5.91 Å². The number of halogens is 1. The molecule has 0 fully saturated rings. The molecule has 2 aromatic carbocycles. The highest BCUT2D eigenvalue weighted by molar-refractivity contribution is 6.30. The Balaban J connectivity index is 1.53. The van der Waals surface area contributed by atoms with E-state index in [9.17, 15) is 4.79 Å². The van der Waals surface area contributed by atoms with Crippen molar-refractivity contribution in [1.82, 2.24) is 14.7 Å². The van der Waals surface area contributed by atoms with Crippen LogP contribution in [0.3, 0.4) is 0 Å². The first-order valence-electron chi connectivity index (χ1n) is 9.54. The van der Waals surface area contributed by atoms with E-state index in [2.05, 4.69) is 50.1 Å². The van der Waals surface area contributed by atoms with Crippen molar-refractivity contribution >= 4 is 17.5 Å². The van der Waals surface area contributed by atoms with Gasteiger partial charge in [-0.3, -0.25) is 9.48 Å². The summed E-state index contributed by atoms with van der Waals surface area (Å²) >= 11 is 5.97. The van der Waals surface area contributed by atoms with Crippen LogP contribution in [0.15, 0.2) is 54.6 Å². The third-order valence-corrected chi connectivity index (χ3v) is 5.45. The van der Waals surface area contributed by atoms with Gasteiger partial charge in [0, 0.05) is 23.7 Å². The number of amides is 1. The number of carbonyl (C=O) groups excluding carboxylic acids is 1. The Labute approximate surface area is 170 Å². The second-order valence-electron chi connectivity index (χ2n) is 8.32. The lowest BCUT2D eigenvalue weighted by molar-refractivity contribution is 0.0683. The van der Waals surface area contributed by atoms with Crippen LogP contribution in [0.2, 0.25) is 5.02 Å². The Morgan fingerprint density at radius 2 is 1.68 bits per heavy atom. The monoisotopic (exact) mass is 393 g/mol. The van der Waals surface area contributed by atoms with Gasteiger partial charge in [-0.15, -0.1) is 0 Å². The molecular formula is C23H24ClN3O. The molecule has 1 aliphatic heterocycles. The van der Waals surface area contributed by atoms with E-state index in [1.54, 1.807) is 0 Å². The largest absolute Gasteiger partial charge is 0.331 e. The maximum Gasteiger partial charge on any atom is 0.272 e. The summed E-state index contributed by atoms with van der Waals surface area (Å²) in [5, 5.41) is 5.29. The quantitative estimate of drug-likeness (QED) is 0.616. The molecule has 144 valence electrons. The molecule has 4 nitrogen and oxygen atoms in total. The van der Waals surface area contributed by atoms with Gasteiger partial charge in [0.1, 0.15) is 5.69 Å². The second kappa shape index (κ2) is 7.10. The van der Waals surface area contributed by atoms with Gasteiger partial charge in [0.2, 0.25) is 0 Å². The smallest absolute Gasteiger partial charge is 0.272 e. The Bertz CT molecular complexity index is 998. The van der Waals surface area contributed by atoms with Crippen molar-refractivity contribution in [2.75, 3.05) is 6.54 Å². The number of aromatic nitrogens is 2. The fraction of sp³-hybridized carbons (Fsp3) is 0.304. The van der Waals surface area contributed by atoms with Crippen LogP contribution >= 0.6 is 11.6 Å². The molecular weight excluding hydrogens is 370 g/mol. The van der Waals surface area contributed by atoms with Crippen LogP contribution in [0, 0.1) is 0 Å². The maximum absolute atomic E-state index is 13.0. The van der Waals surface area contributed by atoms with Crippen LogP contribution in [0.25, 0.3) is 11.3 Å². The predicted octanol–water partition coefficient (Wildman–Crippen LogP) is 5.16. The highest BCUT2D eigenvalue weighted by Crippen LogP contribution is 2.25. The van der Waals surface area contributed by atoms with Gasteiger partial charge in [0.05, 0.1) is 12.2 Å². The molecule has 0 bridgehead atoms. The minimum absolute atomic E-state index is 0.0267. The summed E-state index contributed by atoms with van der Waals surface area (Å²) in [5.74, 6) is 0.0267. The summed E-state index contributed by atoms with van der Waals surface area (Å²) in [6.45, 7) is 8.59. The zero-order chi connectivity index (χ0) is 19.9. The molecule has 1 aromatic heterocycles. The molecule has 1 aliphatic rings. The molecule has 28 heavy (non-hydrogen) atoms. The van der Waals surface area contributed by atoms with Crippen molar-refractivity contribution in [1.29, 1.82) is 0 Å². The van der Waals surface area contributed by atoms with E-state index < -0.39 is 0 Å². The lowest BCUT2D eigenvalue weighted by Gasteiger charge is -2.28. The zero-order valence-corrected chi connectivity index (χ0v) is 17.2. The van der Waals surface area contributed by atoms with Crippen LogP contribution < -0.4 is 0 Å². The molecule has 0 aliphatic carbocycles. The number of fused-ring (bicyclic) bond motifs is 1. The van der Waals surface area contributed by atoms with Crippen molar-refractivity contribution < 1.29 is 4.79 Å². The molecule has 0 saturated heterocycles. The van der Waals surface area contributed by atoms with Gasteiger partial charge >= 0.3 is 0 Å². The molecule has 1 amide bonds. The fourth-order valence-electron chi connectivity index (χ4n) is 3.48. The lowest BCUT2D eigenvalue weighted by Crippen LogP contribution is -2.39. The summed E-state index contributed by atoms with van der Waals surface area (Å²) in [7, 11) is 0. The van der Waals surface area contributed by atoms with E-state index >= 15 is 0 Å². The maximum atomic E-state index is 13.0. The second-order valence-corrected chi connectivity index (χ2v) is 8.75. The standard InChI is InChI=1S/C23H24ClN3O/c1-23(2,3)18-8-4-16(5-9-18)15-26-12-13-27-21(22(26)28)14-20(25-27)17-6-10-19(24)11-7-17/h4-11,14H,12-13,15H2,1-3H3. The number of benzene rings is 2. The van der Waals surface area contributed by atoms with Gasteiger partial charge in [-0.05, 0) is 34.7 Å². The van der Waals surface area contributed by atoms with Crippen molar-refractivity contribution in [2.45, 2.75) is 39.3 Å². The Morgan fingerprint density at radius 3 is 2.32 bits per heavy atom. The van der Waals surface area contributed by atoms with Crippen LogP contribution in [0.5, 0.6) is 0 Å². The van der Waals surface area contributed by atoms with Crippen molar-refractivity contribution in [3.05, 3.63) is 76.4 Å². The highest BCUT2D eigenvalue weighted by atomic mass is 35.5. The van der Waals surface area contributed by atoms with E-state index in [-0.39, 0.29) is 11.3 Å². The first-order valence-corrected chi connectivity index (χ1v) is 9.91. The number of rotatable bonds is 3. The molecule has 0 unspecified atom stereocenters. The van der Waals surface area contributed by atoms with Gasteiger partial charge in [-0.1, -0.05) is 68.8 Å². The van der Waals surface area contributed by atoms with Crippen LogP contribution in [-0.2, 0) is 18.5 Å². The number of nitrogens with zero attached hydrogens (tertiary/aromatic N) is 3. The van der Waals surface area contributed by atoms with E-state index in [0.29, 0.717) is 30.4 Å². The SMILES string of the molecule is CC(C)(C)c1ccc(CN2CCn3nc(-c4ccc(Cl)cc4)cc3C2=O)cc1. The van der Waals surface area contributed by atoms with Crippen LogP contribution in [0.4, 0.5) is 0 Å². The first-order chi connectivity index (χ1) is 13.3. The topological polar surface area (TPSA) is 38.1 Å². The van der Waals surface area contributed by atoms with Crippen molar-refractivity contribution in [3.8, 4) is 11.3 Å². The molecule has 0 saturated carbocycles. The minimum Gasteiger partial charge on any atom is -0.331 e. The third-order valence-electron chi connectivity index (χ3n) is 5.20. The molecule has 5 heteroatoms. The predicted molar refractivity (Wildman–Crippen MR) is 113 cm³/mol. The summed E-state index contributed by atoms with van der Waals surface area (Å²) in [5.41, 5.74) is 4.98. The van der Waals surface area contributed by atoms with Gasteiger partial charge in [-0.2, -0.15) is 5.10 Å². The Hall–Kier alpha value is -2.59. The van der Waals surface area contributed by atoms with Crippen LogP contribution in [0.1, 0.15) is 42.4 Å². The molecule has 3 aromatic rings. The molecule has 0 spiro atoms. The number of hydrogen-bond acceptors (Lipinski definition) is 2. The summed E-state index contributed by atoms with van der Waals surface area (Å²) in [6, 6.07) is 18.0. The minimum atomic E-state index is 0.0267. The molecule has 0 radical (unpaired) electrons. The Kier molecular flexibility index (Phi) is 4.76. The highest BCUT2D eigenvalue weighted by Gasteiger charge is 2.27. The fourth-order valence-corrected chi connectivity index (χ4v) is 3.61. The molecule has 0 atom stereocenters. The average molecular weight is 394 g/mol. The van der Waals surface area contributed by atoms with Crippen molar-refractivity contribution in [2.24, 2.45) is 0 Å². The normalized spacial score (nSPS) is 14.3. The Morgan fingerprint density at radius 1 is 1.00 bits per heavy atom. The van der Waals surface area contributed by atoms with Gasteiger partial charge < -0.3 is 4.90 Å². The summed E-state index contributed by atoms with van der Waals surface area (Å²) < 4.78 is 1.81. The van der Waals surface area contributed by atoms with Gasteiger partial charge in [0.15, 0.2) is 0 Å². The molecule has 4 rings (SSSR count). The number of carbonyl (C=O) groups is 1. The molecule has 2 heterocycles. The molecule has 0 N–H and O–H groups in total. The lowest BCUT2D eigenvalue weighted by atomic mass is 9.87. The van der Waals surface area contributed by atoms with E-state index in [0.717, 1.165) is 16.8 Å². The van der Waals surface area contributed by atoms with Crippen molar-refractivity contribution in [3.63, 3.8) is 0 Å². The summed E-state index contributed by atoms with van der Waals surface area (Å²) in [6.07, 6.45) is 0. The zero-order valence-electron chi connectivity index (χ0n) is 16.4. The third kappa shape index (κ3) is 3.69. The summed E-state index contributed by atoms with van der Waals surface area (Å²) in [4.78, 5) is 14.9. The van der Waals surface area contributed by atoms with Gasteiger partial charge in [-0.25, -0.2) is 0 Å². The van der Waals surface area contributed by atoms with E-state index in [4.69, 9.17) is 11.6 Å². The first kappa shape index (κ1) is 18.8. The van der Waals surface area contributed by atoms with E-state index in [1.807, 2.05) is 39.9 Å². The van der Waals surface area contributed by atoms with E-state index in [1.165, 1.54) is 5.56 Å².